The van der Waals surface area contributed by atoms with E-state index in [0.29, 0.717) is 23.2 Å². The maximum atomic E-state index is 12.1. The minimum absolute atomic E-state index is 0.0900. The fourth-order valence-corrected chi connectivity index (χ4v) is 2.11. The summed E-state index contributed by atoms with van der Waals surface area (Å²) in [4.78, 5) is 23.0. The molecule has 1 fully saturated rings. The molecule has 1 amide bonds. The Kier molecular flexibility index (Phi) is 3.88. The van der Waals surface area contributed by atoms with Gasteiger partial charge in [0.05, 0.1) is 17.9 Å². The van der Waals surface area contributed by atoms with Crippen molar-refractivity contribution in [2.45, 2.75) is 12.0 Å². The van der Waals surface area contributed by atoms with Crippen molar-refractivity contribution >= 4 is 33.5 Å². The largest absolute Gasteiger partial charge is 0.478 e. The number of hydrogen-bond donors (Lipinski definition) is 3. The second kappa shape index (κ2) is 5.28. The lowest BCUT2D eigenvalue weighted by Crippen LogP contribution is -2.51. The molecule has 0 aromatic heterocycles. The second-order valence-corrected chi connectivity index (χ2v) is 5.27. The van der Waals surface area contributed by atoms with Gasteiger partial charge in [0, 0.05) is 11.1 Å². The number of ether oxygens (including phenoxy) is 1. The van der Waals surface area contributed by atoms with E-state index in [1.165, 1.54) is 12.1 Å². The summed E-state index contributed by atoms with van der Waals surface area (Å²) in [5, 5.41) is 11.6. The average molecular weight is 329 g/mol. The van der Waals surface area contributed by atoms with Crippen LogP contribution in [0.5, 0.6) is 0 Å². The van der Waals surface area contributed by atoms with E-state index in [4.69, 9.17) is 15.6 Å². The molecule has 1 aliphatic rings. The number of nitrogens with one attached hydrogen (secondary N) is 1. The smallest absolute Gasteiger partial charge is 0.335 e. The highest BCUT2D eigenvalue weighted by atomic mass is 79.9. The van der Waals surface area contributed by atoms with Crippen molar-refractivity contribution < 1.29 is 19.4 Å². The van der Waals surface area contributed by atoms with Crippen LogP contribution in [0.15, 0.2) is 22.7 Å². The van der Waals surface area contributed by atoms with Crippen LogP contribution in [0.1, 0.15) is 16.8 Å². The van der Waals surface area contributed by atoms with Crippen molar-refractivity contribution in [2.24, 2.45) is 5.73 Å². The minimum atomic E-state index is -1.06. The van der Waals surface area contributed by atoms with E-state index in [1.54, 1.807) is 6.07 Å². The molecule has 1 unspecified atom stereocenters. The SMILES string of the molecule is NC1(C(=O)Nc2cc(C(=O)O)ccc2Br)CCOC1. The molecule has 1 saturated heterocycles. The van der Waals surface area contributed by atoms with Crippen molar-refractivity contribution in [1.82, 2.24) is 0 Å². The highest BCUT2D eigenvalue weighted by molar-refractivity contribution is 9.10. The summed E-state index contributed by atoms with van der Waals surface area (Å²) < 4.78 is 5.71. The molecule has 1 aromatic rings. The van der Waals surface area contributed by atoms with E-state index in [-0.39, 0.29) is 18.1 Å². The predicted molar refractivity (Wildman–Crippen MR) is 72.1 cm³/mol. The van der Waals surface area contributed by atoms with E-state index in [1.807, 2.05) is 0 Å². The summed E-state index contributed by atoms with van der Waals surface area (Å²) in [6.45, 7) is 0.606. The molecule has 1 heterocycles. The number of carboxylic acids is 1. The van der Waals surface area contributed by atoms with Gasteiger partial charge in [0.1, 0.15) is 5.54 Å². The second-order valence-electron chi connectivity index (χ2n) is 4.41. The molecule has 0 saturated carbocycles. The Morgan fingerprint density at radius 3 is 2.79 bits per heavy atom. The van der Waals surface area contributed by atoms with Gasteiger partial charge in [0.25, 0.3) is 0 Å². The molecule has 0 radical (unpaired) electrons. The van der Waals surface area contributed by atoms with E-state index in [2.05, 4.69) is 21.2 Å². The minimum Gasteiger partial charge on any atom is -0.478 e. The van der Waals surface area contributed by atoms with E-state index < -0.39 is 11.5 Å². The van der Waals surface area contributed by atoms with E-state index in [9.17, 15) is 9.59 Å². The molecule has 1 aliphatic heterocycles. The number of hydrogen-bond acceptors (Lipinski definition) is 4. The number of benzene rings is 1. The molecule has 6 nitrogen and oxygen atoms in total. The Hall–Kier alpha value is -1.44. The van der Waals surface area contributed by atoms with Gasteiger partial charge in [-0.25, -0.2) is 4.79 Å². The van der Waals surface area contributed by atoms with Crippen LogP contribution in [0.25, 0.3) is 0 Å². The predicted octanol–water partition coefficient (Wildman–Crippen LogP) is 1.20. The van der Waals surface area contributed by atoms with Gasteiger partial charge in [-0.3, -0.25) is 4.79 Å². The number of carbonyl (C=O) groups excluding carboxylic acids is 1. The average Bonchev–Trinajstić information content (AvgIpc) is 2.80. The Balaban J connectivity index is 2.20. The first kappa shape index (κ1) is 14.0. The number of anilines is 1. The van der Waals surface area contributed by atoms with Crippen molar-refractivity contribution in [3.63, 3.8) is 0 Å². The fourth-order valence-electron chi connectivity index (χ4n) is 1.76. The molecular weight excluding hydrogens is 316 g/mol. The number of carbonyl (C=O) groups is 2. The lowest BCUT2D eigenvalue weighted by atomic mass is 9.99. The Labute approximate surface area is 118 Å². The number of rotatable bonds is 3. The van der Waals surface area contributed by atoms with Crippen molar-refractivity contribution in [1.29, 1.82) is 0 Å². The van der Waals surface area contributed by atoms with Crippen molar-refractivity contribution in [3.8, 4) is 0 Å². The van der Waals surface area contributed by atoms with Crippen molar-refractivity contribution in [2.75, 3.05) is 18.5 Å². The molecule has 19 heavy (non-hydrogen) atoms. The summed E-state index contributed by atoms with van der Waals surface area (Å²) in [6, 6.07) is 4.38. The Bertz CT molecular complexity index is 526. The lowest BCUT2D eigenvalue weighted by Gasteiger charge is -2.21. The van der Waals surface area contributed by atoms with Gasteiger partial charge in [0.2, 0.25) is 5.91 Å². The zero-order valence-electron chi connectivity index (χ0n) is 9.98. The van der Waals surface area contributed by atoms with Gasteiger partial charge in [-0.1, -0.05) is 0 Å². The summed E-state index contributed by atoms with van der Waals surface area (Å²) >= 11 is 3.25. The van der Waals surface area contributed by atoms with Crippen molar-refractivity contribution in [3.05, 3.63) is 28.2 Å². The third-order valence-electron chi connectivity index (χ3n) is 2.97. The van der Waals surface area contributed by atoms with Crippen LogP contribution >= 0.6 is 15.9 Å². The first-order valence-corrected chi connectivity index (χ1v) is 6.43. The summed E-state index contributed by atoms with van der Waals surface area (Å²) in [6.07, 6.45) is 0.440. The summed E-state index contributed by atoms with van der Waals surface area (Å²) in [5.41, 5.74) is 5.34. The van der Waals surface area contributed by atoms with Crippen LogP contribution in [0.2, 0.25) is 0 Å². The van der Waals surface area contributed by atoms with Crippen LogP contribution in [-0.4, -0.2) is 35.7 Å². The zero-order valence-corrected chi connectivity index (χ0v) is 11.6. The maximum Gasteiger partial charge on any atom is 0.335 e. The van der Waals surface area contributed by atoms with Crippen LogP contribution in [0.4, 0.5) is 5.69 Å². The van der Waals surface area contributed by atoms with Gasteiger partial charge in [-0.2, -0.15) is 0 Å². The van der Waals surface area contributed by atoms with Gasteiger partial charge < -0.3 is 20.9 Å². The monoisotopic (exact) mass is 328 g/mol. The number of nitrogens with two attached hydrogens (primary N) is 1. The summed E-state index contributed by atoms with van der Waals surface area (Å²) in [5.74, 6) is -1.44. The topological polar surface area (TPSA) is 102 Å². The molecule has 4 N–H and O–H groups in total. The van der Waals surface area contributed by atoms with Crippen LogP contribution in [0.3, 0.4) is 0 Å². The summed E-state index contributed by atoms with van der Waals surface area (Å²) in [7, 11) is 0. The lowest BCUT2D eigenvalue weighted by molar-refractivity contribution is -0.121. The highest BCUT2D eigenvalue weighted by Crippen LogP contribution is 2.26. The molecule has 1 atom stereocenters. The van der Waals surface area contributed by atoms with E-state index in [0.717, 1.165) is 0 Å². The van der Waals surface area contributed by atoms with Crippen LogP contribution in [0, 0.1) is 0 Å². The molecule has 7 heteroatoms. The van der Waals surface area contributed by atoms with Gasteiger partial charge in [-0.05, 0) is 40.5 Å². The third-order valence-corrected chi connectivity index (χ3v) is 3.66. The first-order chi connectivity index (χ1) is 8.92. The van der Waals surface area contributed by atoms with E-state index >= 15 is 0 Å². The standard InChI is InChI=1S/C12H13BrN2O4/c13-8-2-1-7(10(16)17)5-9(8)15-11(18)12(14)3-4-19-6-12/h1-2,5H,3-4,6,14H2,(H,15,18)(H,16,17). The highest BCUT2D eigenvalue weighted by Gasteiger charge is 2.38. The normalized spacial score (nSPS) is 22.2. The van der Waals surface area contributed by atoms with Crippen LogP contribution < -0.4 is 11.1 Å². The number of halogens is 1. The van der Waals surface area contributed by atoms with Gasteiger partial charge in [0.15, 0.2) is 0 Å². The molecule has 2 rings (SSSR count). The molecule has 0 bridgehead atoms. The Morgan fingerprint density at radius 2 is 2.21 bits per heavy atom. The zero-order chi connectivity index (χ0) is 14.0. The first-order valence-electron chi connectivity index (χ1n) is 5.63. The Morgan fingerprint density at radius 1 is 1.47 bits per heavy atom. The number of aromatic carboxylic acids is 1. The van der Waals surface area contributed by atoms with Gasteiger partial charge in [-0.15, -0.1) is 0 Å². The number of carboxylic acid groups (broad SMARTS) is 1. The molecule has 102 valence electrons. The molecule has 0 aliphatic carbocycles. The molecular formula is C12H13BrN2O4. The number of amides is 1. The quantitative estimate of drug-likeness (QED) is 0.773. The van der Waals surface area contributed by atoms with Gasteiger partial charge >= 0.3 is 5.97 Å². The maximum absolute atomic E-state index is 12.1. The third kappa shape index (κ3) is 2.94. The fraction of sp³-hybridized carbons (Fsp3) is 0.333. The van der Waals surface area contributed by atoms with Crippen LogP contribution in [-0.2, 0) is 9.53 Å². The molecule has 0 spiro atoms. The molecule has 1 aromatic carbocycles.